The summed E-state index contributed by atoms with van der Waals surface area (Å²) < 4.78 is 21.1. The van der Waals surface area contributed by atoms with Gasteiger partial charge in [-0.3, -0.25) is 4.79 Å². The molecule has 3 aromatic carbocycles. The lowest BCUT2D eigenvalue weighted by Crippen LogP contribution is -2.45. The van der Waals surface area contributed by atoms with Crippen LogP contribution in [0.5, 0.6) is 5.75 Å². The molecule has 5 rings (SSSR count). The number of carbonyl (C=O) groups excluding carboxylic acids is 1. The van der Waals surface area contributed by atoms with Crippen LogP contribution in [0.4, 0.5) is 4.39 Å². The van der Waals surface area contributed by atoms with Crippen molar-refractivity contribution in [2.24, 2.45) is 5.92 Å². The van der Waals surface area contributed by atoms with Crippen molar-refractivity contribution in [3.8, 4) is 11.4 Å². The van der Waals surface area contributed by atoms with E-state index in [1.165, 1.54) is 12.1 Å². The lowest BCUT2D eigenvalue weighted by molar-refractivity contribution is -0.128. The summed E-state index contributed by atoms with van der Waals surface area (Å²) in [6, 6.07) is 22.1. The smallest absolute Gasteiger partial charge is 0.223 e. The molecule has 1 unspecified atom stereocenters. The normalized spacial score (nSPS) is 14.6. The van der Waals surface area contributed by atoms with Crippen LogP contribution in [0, 0.1) is 11.7 Å². The predicted octanol–water partition coefficient (Wildman–Crippen LogP) is 5.07. The summed E-state index contributed by atoms with van der Waals surface area (Å²) in [5, 5.41) is 8.56. The van der Waals surface area contributed by atoms with Gasteiger partial charge in [0, 0.05) is 11.3 Å². The summed E-state index contributed by atoms with van der Waals surface area (Å²) in [5.41, 5.74) is 2.87. The second kappa shape index (κ2) is 9.45. The van der Waals surface area contributed by atoms with Gasteiger partial charge in [-0.2, -0.15) is 5.10 Å². The van der Waals surface area contributed by atoms with Crippen molar-refractivity contribution in [2.75, 3.05) is 6.61 Å². The molecule has 1 aliphatic carbocycles. The van der Waals surface area contributed by atoms with Gasteiger partial charge >= 0.3 is 0 Å². The van der Waals surface area contributed by atoms with Crippen molar-refractivity contribution in [3.63, 3.8) is 0 Å². The van der Waals surface area contributed by atoms with Gasteiger partial charge in [0.05, 0.1) is 23.4 Å². The number of aromatic nitrogens is 2. The maximum atomic E-state index is 13.3. The van der Waals surface area contributed by atoms with E-state index in [4.69, 9.17) is 4.74 Å². The van der Waals surface area contributed by atoms with Gasteiger partial charge in [0.25, 0.3) is 0 Å². The average molecular weight is 444 g/mol. The first kappa shape index (κ1) is 21.2. The lowest BCUT2D eigenvalue weighted by atomic mass is 9.84. The Morgan fingerprint density at radius 2 is 1.88 bits per heavy atom. The largest absolute Gasteiger partial charge is 0.491 e. The van der Waals surface area contributed by atoms with Gasteiger partial charge in [-0.1, -0.05) is 36.8 Å². The van der Waals surface area contributed by atoms with Gasteiger partial charge in [-0.15, -0.1) is 0 Å². The SMILES string of the molecule is O=C(NC(COc1ccc2c(cnn2-c2ccc(F)cc2)c1)Cc1ccccc1)C1CCC1. The number of carbonyl (C=O) groups is 1. The Morgan fingerprint density at radius 3 is 2.61 bits per heavy atom. The molecular weight excluding hydrogens is 417 g/mol. The van der Waals surface area contributed by atoms with Crippen molar-refractivity contribution in [1.29, 1.82) is 0 Å². The molecule has 0 saturated heterocycles. The zero-order chi connectivity index (χ0) is 22.6. The fraction of sp³-hybridized carbons (Fsp3) is 0.259. The van der Waals surface area contributed by atoms with Gasteiger partial charge in [0.2, 0.25) is 5.91 Å². The Bertz CT molecular complexity index is 1230. The van der Waals surface area contributed by atoms with Crippen LogP contribution in [0.3, 0.4) is 0 Å². The van der Waals surface area contributed by atoms with Crippen LogP contribution in [0.15, 0.2) is 79.0 Å². The number of amides is 1. The zero-order valence-corrected chi connectivity index (χ0v) is 18.3. The highest BCUT2D eigenvalue weighted by molar-refractivity contribution is 5.82. The van der Waals surface area contributed by atoms with E-state index >= 15 is 0 Å². The van der Waals surface area contributed by atoms with Crippen LogP contribution < -0.4 is 10.1 Å². The number of hydrogen-bond acceptors (Lipinski definition) is 3. The topological polar surface area (TPSA) is 56.1 Å². The van der Waals surface area contributed by atoms with Gasteiger partial charge in [-0.05, 0) is 67.3 Å². The Kier molecular flexibility index (Phi) is 6.07. The summed E-state index contributed by atoms with van der Waals surface area (Å²) in [7, 11) is 0. The molecule has 1 atom stereocenters. The van der Waals surface area contributed by atoms with Crippen LogP contribution in [0.1, 0.15) is 24.8 Å². The molecule has 0 spiro atoms. The third-order valence-electron chi connectivity index (χ3n) is 6.21. The number of ether oxygens (including phenoxy) is 1. The van der Waals surface area contributed by atoms with E-state index in [9.17, 15) is 9.18 Å². The fourth-order valence-corrected chi connectivity index (χ4v) is 4.13. The fourth-order valence-electron chi connectivity index (χ4n) is 4.13. The van der Waals surface area contributed by atoms with Crippen molar-refractivity contribution >= 4 is 16.8 Å². The van der Waals surface area contributed by atoms with Gasteiger partial charge < -0.3 is 10.1 Å². The third kappa shape index (κ3) is 4.90. The molecule has 1 saturated carbocycles. The van der Waals surface area contributed by atoms with Crippen LogP contribution in [-0.4, -0.2) is 28.3 Å². The summed E-state index contributed by atoms with van der Waals surface area (Å²) in [6.45, 7) is 0.380. The summed E-state index contributed by atoms with van der Waals surface area (Å²) in [6.07, 6.45) is 5.55. The number of hydrogen-bond donors (Lipinski definition) is 1. The van der Waals surface area contributed by atoms with Gasteiger partial charge in [0.15, 0.2) is 0 Å². The van der Waals surface area contributed by atoms with E-state index in [1.807, 2.05) is 36.4 Å². The summed E-state index contributed by atoms with van der Waals surface area (Å²) >= 11 is 0. The minimum absolute atomic E-state index is 0.113. The minimum atomic E-state index is -0.277. The molecule has 4 aromatic rings. The Morgan fingerprint density at radius 1 is 1.09 bits per heavy atom. The Hall–Kier alpha value is -3.67. The first-order valence-electron chi connectivity index (χ1n) is 11.4. The van der Waals surface area contributed by atoms with Crippen molar-refractivity contribution in [1.82, 2.24) is 15.1 Å². The molecule has 1 amide bonds. The van der Waals surface area contributed by atoms with Crippen LogP contribution in [0.2, 0.25) is 0 Å². The minimum Gasteiger partial charge on any atom is -0.491 e. The van der Waals surface area contributed by atoms with Crippen LogP contribution in [-0.2, 0) is 11.2 Å². The zero-order valence-electron chi connectivity index (χ0n) is 18.3. The molecule has 0 bridgehead atoms. The van der Waals surface area contributed by atoms with E-state index in [0.717, 1.165) is 47.2 Å². The molecular formula is C27H26FN3O2. The molecule has 0 radical (unpaired) electrons. The van der Waals surface area contributed by atoms with E-state index < -0.39 is 0 Å². The number of fused-ring (bicyclic) bond motifs is 1. The molecule has 1 N–H and O–H groups in total. The number of nitrogens with zero attached hydrogens (tertiary/aromatic N) is 2. The molecule has 6 heteroatoms. The lowest BCUT2D eigenvalue weighted by Gasteiger charge is -2.27. The average Bonchev–Trinajstić information content (AvgIpc) is 3.21. The Balaban J connectivity index is 1.30. The van der Waals surface area contributed by atoms with E-state index in [-0.39, 0.29) is 23.7 Å². The first-order valence-corrected chi connectivity index (χ1v) is 11.4. The number of rotatable bonds is 8. The maximum Gasteiger partial charge on any atom is 0.223 e. The number of nitrogens with one attached hydrogen (secondary N) is 1. The van der Waals surface area contributed by atoms with E-state index in [0.29, 0.717) is 13.0 Å². The molecule has 1 aromatic heterocycles. The number of halogens is 1. The van der Waals surface area contributed by atoms with Crippen LogP contribution >= 0.6 is 0 Å². The monoisotopic (exact) mass is 443 g/mol. The van der Waals surface area contributed by atoms with Gasteiger partial charge in [-0.25, -0.2) is 9.07 Å². The molecule has 1 fully saturated rings. The molecule has 1 aliphatic rings. The van der Waals surface area contributed by atoms with Crippen LogP contribution in [0.25, 0.3) is 16.6 Å². The highest BCUT2D eigenvalue weighted by Crippen LogP contribution is 2.27. The Labute approximate surface area is 192 Å². The van der Waals surface area contributed by atoms with E-state index in [2.05, 4.69) is 22.5 Å². The molecule has 168 valence electrons. The third-order valence-corrected chi connectivity index (χ3v) is 6.21. The molecule has 33 heavy (non-hydrogen) atoms. The van der Waals surface area contributed by atoms with Crippen molar-refractivity contribution in [3.05, 3.63) is 90.4 Å². The summed E-state index contributed by atoms with van der Waals surface area (Å²) in [4.78, 5) is 12.6. The molecule has 1 heterocycles. The van der Waals surface area contributed by atoms with Gasteiger partial charge in [0.1, 0.15) is 18.2 Å². The maximum absolute atomic E-state index is 13.3. The molecule has 5 nitrogen and oxygen atoms in total. The quantitative estimate of drug-likeness (QED) is 0.414. The second-order valence-corrected chi connectivity index (χ2v) is 8.59. The standard InChI is InChI=1S/C27H26FN3O2/c28-22-9-11-24(12-10-22)31-26-14-13-25(16-21(26)17-29-31)33-18-23(15-19-5-2-1-3-6-19)30-27(32)20-7-4-8-20/h1-3,5-6,9-14,16-17,20,23H,4,7-8,15,18H2,(H,30,32). The highest BCUT2D eigenvalue weighted by atomic mass is 19.1. The first-order chi connectivity index (χ1) is 16.2. The van der Waals surface area contributed by atoms with E-state index in [1.54, 1.807) is 23.0 Å². The second-order valence-electron chi connectivity index (χ2n) is 8.59. The summed E-state index contributed by atoms with van der Waals surface area (Å²) in [5.74, 6) is 0.705. The highest BCUT2D eigenvalue weighted by Gasteiger charge is 2.27. The predicted molar refractivity (Wildman–Crippen MR) is 126 cm³/mol. The van der Waals surface area contributed by atoms with Crippen molar-refractivity contribution in [2.45, 2.75) is 31.7 Å². The molecule has 0 aliphatic heterocycles. The van der Waals surface area contributed by atoms with Crippen molar-refractivity contribution < 1.29 is 13.9 Å². The number of benzene rings is 3.